The van der Waals surface area contributed by atoms with Crippen LogP contribution in [0.4, 0.5) is 0 Å². The monoisotopic (exact) mass is 280 g/mol. The van der Waals surface area contributed by atoms with E-state index < -0.39 is 0 Å². The van der Waals surface area contributed by atoms with Crippen LogP contribution in [0.2, 0.25) is 0 Å². The van der Waals surface area contributed by atoms with Gasteiger partial charge in [0.05, 0.1) is 0 Å². The summed E-state index contributed by atoms with van der Waals surface area (Å²) in [6.07, 6.45) is 1.25. The van der Waals surface area contributed by atoms with Crippen LogP contribution in [0.25, 0.3) is 0 Å². The maximum atomic E-state index is 8.63. The van der Waals surface area contributed by atoms with Gasteiger partial charge in [-0.15, -0.1) is 0 Å². The standard InChI is InChI=1S/2C6H6O.C3H8.3CH4/c2*7-6-4-2-1-3-5-6;1-3-2;;;/h2*1-5,7H;3H2,1-2H3;3*1H4. The Morgan fingerprint density at radius 3 is 0.900 bits per heavy atom. The molecule has 2 rings (SSSR count). The third-order valence-electron chi connectivity index (χ3n) is 1.51. The molecule has 0 saturated carbocycles. The lowest BCUT2D eigenvalue weighted by atomic mass is 10.3. The molecule has 0 aliphatic heterocycles. The Labute approximate surface area is 125 Å². The van der Waals surface area contributed by atoms with Gasteiger partial charge in [0.15, 0.2) is 0 Å². The number of benzene rings is 2. The Bertz CT molecular complexity index is 320. The van der Waals surface area contributed by atoms with E-state index in [0.717, 1.165) is 0 Å². The summed E-state index contributed by atoms with van der Waals surface area (Å²) in [6, 6.07) is 17.4. The van der Waals surface area contributed by atoms with E-state index >= 15 is 0 Å². The number of phenols is 2. The lowest BCUT2D eigenvalue weighted by Crippen LogP contribution is -1.56. The number of para-hydroxylation sites is 2. The van der Waals surface area contributed by atoms with Crippen molar-refractivity contribution in [3.05, 3.63) is 60.7 Å². The van der Waals surface area contributed by atoms with Crippen molar-refractivity contribution in [2.45, 2.75) is 42.5 Å². The van der Waals surface area contributed by atoms with Crippen LogP contribution in [0.5, 0.6) is 11.5 Å². The van der Waals surface area contributed by atoms with Crippen molar-refractivity contribution in [1.29, 1.82) is 0 Å². The number of rotatable bonds is 0. The summed E-state index contributed by atoms with van der Waals surface area (Å²) in [6.45, 7) is 4.25. The van der Waals surface area contributed by atoms with Gasteiger partial charge in [-0.1, -0.05) is 78.9 Å². The summed E-state index contributed by atoms with van der Waals surface area (Å²) in [5, 5.41) is 17.3. The van der Waals surface area contributed by atoms with E-state index in [1.165, 1.54) is 6.42 Å². The minimum Gasteiger partial charge on any atom is -0.508 e. The second-order valence-electron chi connectivity index (χ2n) is 3.38. The zero-order chi connectivity index (χ0) is 12.9. The number of phenolic OH excluding ortho intramolecular Hbond substituents is 2. The first-order chi connectivity index (χ1) is 8.20. The van der Waals surface area contributed by atoms with E-state index in [0.29, 0.717) is 11.5 Å². The molecule has 20 heavy (non-hydrogen) atoms. The van der Waals surface area contributed by atoms with Gasteiger partial charge in [0.2, 0.25) is 0 Å². The fraction of sp³-hybridized carbons (Fsp3) is 0.333. The fourth-order valence-corrected chi connectivity index (χ4v) is 0.856. The highest BCUT2D eigenvalue weighted by atomic mass is 16.3. The van der Waals surface area contributed by atoms with Gasteiger partial charge >= 0.3 is 0 Å². The van der Waals surface area contributed by atoms with Gasteiger partial charge in [0, 0.05) is 0 Å². The normalized spacial score (nSPS) is 6.90. The molecule has 0 radical (unpaired) electrons. The average Bonchev–Trinajstić information content (AvgIpc) is 2.33. The molecule has 0 fully saturated rings. The summed E-state index contributed by atoms with van der Waals surface area (Å²) < 4.78 is 0. The molecule has 2 aromatic rings. The molecule has 0 aliphatic rings. The topological polar surface area (TPSA) is 40.5 Å². The van der Waals surface area contributed by atoms with Gasteiger partial charge in [-0.2, -0.15) is 0 Å². The molecule has 0 atom stereocenters. The van der Waals surface area contributed by atoms with Crippen molar-refractivity contribution in [2.75, 3.05) is 0 Å². The highest BCUT2D eigenvalue weighted by molar-refractivity contribution is 5.19. The van der Waals surface area contributed by atoms with Crippen molar-refractivity contribution >= 4 is 0 Å². The van der Waals surface area contributed by atoms with Crippen LogP contribution < -0.4 is 0 Å². The largest absolute Gasteiger partial charge is 0.508 e. The third kappa shape index (κ3) is 18.4. The van der Waals surface area contributed by atoms with Crippen LogP contribution in [-0.4, -0.2) is 10.2 Å². The Kier molecular flexibility index (Phi) is 25.8. The first-order valence-corrected chi connectivity index (χ1v) is 5.68. The predicted octanol–water partition coefficient (Wildman–Crippen LogP) is 6.11. The van der Waals surface area contributed by atoms with E-state index in [1.807, 2.05) is 12.1 Å². The molecule has 0 spiro atoms. The molecule has 0 heterocycles. The number of hydrogen-bond acceptors (Lipinski definition) is 2. The number of aromatic hydroxyl groups is 2. The van der Waals surface area contributed by atoms with Crippen LogP contribution >= 0.6 is 0 Å². The molecular weight excluding hydrogens is 248 g/mol. The van der Waals surface area contributed by atoms with E-state index in [1.54, 1.807) is 48.5 Å². The molecule has 116 valence electrons. The van der Waals surface area contributed by atoms with Gasteiger partial charge in [-0.05, 0) is 24.3 Å². The van der Waals surface area contributed by atoms with Gasteiger partial charge < -0.3 is 10.2 Å². The lowest BCUT2D eigenvalue weighted by molar-refractivity contribution is 0.475. The van der Waals surface area contributed by atoms with Gasteiger partial charge in [-0.3, -0.25) is 0 Å². The summed E-state index contributed by atoms with van der Waals surface area (Å²) in [4.78, 5) is 0. The molecule has 0 amide bonds. The quantitative estimate of drug-likeness (QED) is 0.611. The fourth-order valence-electron chi connectivity index (χ4n) is 0.856. The minimum atomic E-state index is 0. The zero-order valence-corrected chi connectivity index (χ0v) is 10.4. The molecule has 0 bridgehead atoms. The Morgan fingerprint density at radius 1 is 0.600 bits per heavy atom. The van der Waals surface area contributed by atoms with Crippen molar-refractivity contribution < 1.29 is 10.2 Å². The van der Waals surface area contributed by atoms with Crippen LogP contribution in [0, 0.1) is 0 Å². The minimum absolute atomic E-state index is 0. The predicted molar refractivity (Wildman–Crippen MR) is 92.4 cm³/mol. The molecule has 0 aliphatic carbocycles. The van der Waals surface area contributed by atoms with Gasteiger partial charge in [-0.25, -0.2) is 0 Å². The molecular formula is C18H32O2. The number of hydrogen-bond donors (Lipinski definition) is 2. The Balaban J connectivity index is -0.0000000956. The smallest absolute Gasteiger partial charge is 0.115 e. The van der Waals surface area contributed by atoms with Crippen LogP contribution in [0.15, 0.2) is 60.7 Å². The summed E-state index contributed by atoms with van der Waals surface area (Å²) in [7, 11) is 0. The van der Waals surface area contributed by atoms with Crippen LogP contribution in [-0.2, 0) is 0 Å². The van der Waals surface area contributed by atoms with E-state index in [4.69, 9.17) is 10.2 Å². The van der Waals surface area contributed by atoms with E-state index in [2.05, 4.69) is 13.8 Å². The SMILES string of the molecule is C.C.C.CCC.Oc1ccccc1.Oc1ccccc1. The Morgan fingerprint density at radius 2 is 0.800 bits per heavy atom. The maximum absolute atomic E-state index is 8.63. The van der Waals surface area contributed by atoms with Gasteiger partial charge in [0.25, 0.3) is 0 Å². The summed E-state index contributed by atoms with van der Waals surface area (Å²) >= 11 is 0. The van der Waals surface area contributed by atoms with Crippen LogP contribution in [0.3, 0.4) is 0 Å². The second-order valence-corrected chi connectivity index (χ2v) is 3.38. The molecule has 2 nitrogen and oxygen atoms in total. The average molecular weight is 280 g/mol. The summed E-state index contributed by atoms with van der Waals surface area (Å²) in [5.74, 6) is 0.644. The van der Waals surface area contributed by atoms with Crippen molar-refractivity contribution in [3.63, 3.8) is 0 Å². The first-order valence-electron chi connectivity index (χ1n) is 5.68. The van der Waals surface area contributed by atoms with Crippen molar-refractivity contribution in [1.82, 2.24) is 0 Å². The molecule has 0 unspecified atom stereocenters. The molecule has 2 heteroatoms. The van der Waals surface area contributed by atoms with Crippen LogP contribution in [0.1, 0.15) is 42.5 Å². The molecule has 0 aromatic heterocycles. The summed E-state index contributed by atoms with van der Waals surface area (Å²) in [5.41, 5.74) is 0. The lowest BCUT2D eigenvalue weighted by Gasteiger charge is -1.82. The van der Waals surface area contributed by atoms with Crippen molar-refractivity contribution in [3.8, 4) is 11.5 Å². The van der Waals surface area contributed by atoms with Gasteiger partial charge in [0.1, 0.15) is 11.5 Å². The highest BCUT2D eigenvalue weighted by Gasteiger charge is 1.75. The van der Waals surface area contributed by atoms with Crippen molar-refractivity contribution in [2.24, 2.45) is 0 Å². The molecule has 0 saturated heterocycles. The molecule has 2 N–H and O–H groups in total. The highest BCUT2D eigenvalue weighted by Crippen LogP contribution is 2.03. The zero-order valence-electron chi connectivity index (χ0n) is 10.4. The Hall–Kier alpha value is -1.96. The van der Waals surface area contributed by atoms with E-state index in [9.17, 15) is 0 Å². The molecule has 2 aromatic carbocycles. The second kappa shape index (κ2) is 19.4. The maximum Gasteiger partial charge on any atom is 0.115 e. The van der Waals surface area contributed by atoms with E-state index in [-0.39, 0.29) is 22.3 Å². The first kappa shape index (κ1) is 26.6. The third-order valence-corrected chi connectivity index (χ3v) is 1.51.